The Labute approximate surface area is 196 Å². The topological polar surface area (TPSA) is 91.8 Å². The first-order valence-corrected chi connectivity index (χ1v) is 10.5. The molecule has 0 atom stereocenters. The van der Waals surface area contributed by atoms with Gasteiger partial charge in [0.2, 0.25) is 10.0 Å². The summed E-state index contributed by atoms with van der Waals surface area (Å²) in [5, 5.41) is 5.97. The number of ether oxygens (including phenoxy) is 1. The summed E-state index contributed by atoms with van der Waals surface area (Å²) in [5.41, 5.74) is 1.77. The maximum Gasteiger partial charge on any atom is 0.573 e. The predicted octanol–water partition coefficient (Wildman–Crippen LogP) is 3.12. The molecule has 0 saturated heterocycles. The average molecular weight is 572 g/mol. The Morgan fingerprint density at radius 3 is 2.32 bits per heavy atom. The van der Waals surface area contributed by atoms with Gasteiger partial charge in [-0.1, -0.05) is 42.5 Å². The second-order valence-electron chi connectivity index (χ2n) is 6.22. The maximum atomic E-state index is 12.5. The fourth-order valence-corrected chi connectivity index (χ4v) is 3.34. The molecule has 0 aromatic heterocycles. The quantitative estimate of drug-likeness (QED) is 0.257. The molecule has 0 aliphatic rings. The minimum Gasteiger partial charge on any atom is -0.405 e. The Balaban J connectivity index is 0.00000480. The maximum absolute atomic E-state index is 12.5. The molecule has 0 fully saturated rings. The second-order valence-corrected chi connectivity index (χ2v) is 8.14. The molecule has 31 heavy (non-hydrogen) atoms. The van der Waals surface area contributed by atoms with Crippen molar-refractivity contribution in [3.63, 3.8) is 0 Å². The van der Waals surface area contributed by atoms with Crippen molar-refractivity contribution >= 4 is 40.0 Å². The summed E-state index contributed by atoms with van der Waals surface area (Å²) in [6.07, 6.45) is -4.78. The minimum absolute atomic E-state index is 0. The Hall–Kier alpha value is -2.06. The van der Waals surface area contributed by atoms with E-state index >= 15 is 0 Å². The van der Waals surface area contributed by atoms with Gasteiger partial charge in [-0.15, -0.1) is 37.1 Å². The number of halogens is 4. The van der Waals surface area contributed by atoms with Crippen LogP contribution >= 0.6 is 24.0 Å². The predicted molar refractivity (Wildman–Crippen MR) is 124 cm³/mol. The summed E-state index contributed by atoms with van der Waals surface area (Å²) >= 11 is 0. The van der Waals surface area contributed by atoms with Crippen LogP contribution in [0.5, 0.6) is 5.75 Å². The first-order chi connectivity index (χ1) is 14.1. The molecule has 2 aromatic rings. The van der Waals surface area contributed by atoms with Crippen LogP contribution in [-0.2, 0) is 28.9 Å². The van der Waals surface area contributed by atoms with Gasteiger partial charge in [-0.25, -0.2) is 13.1 Å². The van der Waals surface area contributed by atoms with E-state index in [1.807, 2.05) is 6.07 Å². The highest BCUT2D eigenvalue weighted by Gasteiger charge is 2.31. The van der Waals surface area contributed by atoms with E-state index in [0.717, 1.165) is 5.56 Å². The van der Waals surface area contributed by atoms with Crippen molar-refractivity contribution in [2.45, 2.75) is 25.2 Å². The molecule has 3 N–H and O–H groups in total. The van der Waals surface area contributed by atoms with Gasteiger partial charge in [0.1, 0.15) is 5.75 Å². The van der Waals surface area contributed by atoms with Gasteiger partial charge >= 0.3 is 6.36 Å². The highest BCUT2D eigenvalue weighted by molar-refractivity contribution is 14.0. The molecular formula is C19H24F3IN4O3S. The third kappa shape index (κ3) is 9.74. The zero-order valence-corrected chi connectivity index (χ0v) is 20.0. The van der Waals surface area contributed by atoms with Gasteiger partial charge in [0.25, 0.3) is 0 Å². The van der Waals surface area contributed by atoms with Crippen molar-refractivity contribution in [2.75, 3.05) is 14.1 Å². The lowest BCUT2D eigenvalue weighted by Crippen LogP contribution is -2.36. The van der Waals surface area contributed by atoms with Crippen LogP contribution in [0.15, 0.2) is 53.5 Å². The Bertz CT molecular complexity index is 985. The number of rotatable bonds is 8. The van der Waals surface area contributed by atoms with Gasteiger partial charge in [0, 0.05) is 25.7 Å². The first-order valence-electron chi connectivity index (χ1n) is 8.89. The number of benzene rings is 2. The molecule has 0 aliphatic carbocycles. The van der Waals surface area contributed by atoms with Gasteiger partial charge < -0.3 is 15.4 Å². The Morgan fingerprint density at radius 1 is 1.03 bits per heavy atom. The smallest absolute Gasteiger partial charge is 0.405 e. The number of nitrogens with one attached hydrogen (secondary N) is 3. The van der Waals surface area contributed by atoms with Crippen molar-refractivity contribution in [3.8, 4) is 5.75 Å². The van der Waals surface area contributed by atoms with E-state index in [1.54, 1.807) is 24.3 Å². The van der Waals surface area contributed by atoms with Crippen molar-refractivity contribution < 1.29 is 26.3 Å². The number of guanidine groups is 1. The SMILES string of the molecule is CN=C(NCc1cccc(CS(=O)(=O)NC)c1)NCc1ccccc1OC(F)(F)F.I. The summed E-state index contributed by atoms with van der Waals surface area (Å²) in [6, 6.07) is 12.9. The number of nitrogens with zero attached hydrogens (tertiary/aromatic N) is 1. The average Bonchev–Trinajstić information content (AvgIpc) is 2.68. The van der Waals surface area contributed by atoms with Crippen LogP contribution in [0.2, 0.25) is 0 Å². The van der Waals surface area contributed by atoms with Crippen LogP contribution in [0.25, 0.3) is 0 Å². The lowest BCUT2D eigenvalue weighted by atomic mass is 10.1. The number of alkyl halides is 3. The summed E-state index contributed by atoms with van der Waals surface area (Å²) in [4.78, 5) is 4.04. The number of aliphatic imine (C=N–C) groups is 1. The van der Waals surface area contributed by atoms with E-state index in [1.165, 1.54) is 32.3 Å². The lowest BCUT2D eigenvalue weighted by Gasteiger charge is -2.16. The molecule has 0 radical (unpaired) electrons. The van der Waals surface area contributed by atoms with E-state index in [2.05, 4.69) is 25.1 Å². The normalized spacial score (nSPS) is 12.1. The summed E-state index contributed by atoms with van der Waals surface area (Å²) < 4.78 is 67.3. The molecule has 0 amide bonds. The first kappa shape index (κ1) is 27.0. The second kappa shape index (κ2) is 12.1. The van der Waals surface area contributed by atoms with Crippen molar-refractivity contribution in [1.82, 2.24) is 15.4 Å². The van der Waals surface area contributed by atoms with Gasteiger partial charge in [-0.2, -0.15) is 0 Å². The van der Waals surface area contributed by atoms with Crippen LogP contribution in [0, 0.1) is 0 Å². The van der Waals surface area contributed by atoms with Gasteiger partial charge in [0.15, 0.2) is 5.96 Å². The zero-order valence-electron chi connectivity index (χ0n) is 16.9. The van der Waals surface area contributed by atoms with E-state index in [9.17, 15) is 21.6 Å². The zero-order chi connectivity index (χ0) is 22.2. The Morgan fingerprint density at radius 2 is 1.68 bits per heavy atom. The molecule has 2 rings (SSSR count). The van der Waals surface area contributed by atoms with E-state index in [-0.39, 0.29) is 42.0 Å². The summed E-state index contributed by atoms with van der Waals surface area (Å²) in [6.45, 7) is 0.403. The molecule has 0 saturated carbocycles. The van der Waals surface area contributed by atoms with Crippen LogP contribution in [-0.4, -0.2) is 34.8 Å². The monoisotopic (exact) mass is 572 g/mol. The number of hydrogen-bond donors (Lipinski definition) is 3. The largest absolute Gasteiger partial charge is 0.573 e. The molecule has 12 heteroatoms. The van der Waals surface area contributed by atoms with Gasteiger partial charge in [-0.05, 0) is 24.2 Å². The van der Waals surface area contributed by atoms with Crippen LogP contribution in [0.3, 0.4) is 0 Å². The molecule has 0 unspecified atom stereocenters. The van der Waals surface area contributed by atoms with Crippen molar-refractivity contribution in [1.29, 1.82) is 0 Å². The van der Waals surface area contributed by atoms with Gasteiger partial charge in [0.05, 0.1) is 5.75 Å². The molecule has 0 bridgehead atoms. The Kier molecular flexibility index (Phi) is 10.5. The van der Waals surface area contributed by atoms with Crippen LogP contribution in [0.4, 0.5) is 13.2 Å². The molecule has 0 heterocycles. The summed E-state index contributed by atoms with van der Waals surface area (Å²) in [7, 11) is -0.494. The van der Waals surface area contributed by atoms with E-state index < -0.39 is 16.4 Å². The van der Waals surface area contributed by atoms with E-state index in [4.69, 9.17) is 0 Å². The molecular weight excluding hydrogens is 548 g/mol. The molecule has 0 aliphatic heterocycles. The van der Waals surface area contributed by atoms with Gasteiger partial charge in [-0.3, -0.25) is 4.99 Å². The molecule has 0 spiro atoms. The van der Waals surface area contributed by atoms with Crippen LogP contribution in [0.1, 0.15) is 16.7 Å². The third-order valence-corrected chi connectivity index (χ3v) is 5.32. The van der Waals surface area contributed by atoms with Crippen molar-refractivity contribution in [2.24, 2.45) is 4.99 Å². The number of hydrogen-bond acceptors (Lipinski definition) is 4. The standard InChI is InChI=1S/C19H23F3N4O3S.HI/c1-23-18(26-12-16-8-3-4-9-17(16)29-19(20,21)22)25-11-14-6-5-7-15(10-14)13-30(27,28)24-2;/h3-10,24H,11-13H2,1-2H3,(H2,23,25,26);1H. The van der Waals surface area contributed by atoms with Crippen LogP contribution < -0.4 is 20.1 Å². The number of sulfonamides is 1. The highest BCUT2D eigenvalue weighted by atomic mass is 127. The highest BCUT2D eigenvalue weighted by Crippen LogP contribution is 2.26. The lowest BCUT2D eigenvalue weighted by molar-refractivity contribution is -0.274. The minimum atomic E-state index is -4.78. The summed E-state index contributed by atoms with van der Waals surface area (Å²) in [5.74, 6) is -0.0585. The fraction of sp³-hybridized carbons (Fsp3) is 0.316. The molecule has 2 aromatic carbocycles. The van der Waals surface area contributed by atoms with Crippen molar-refractivity contribution in [3.05, 3.63) is 65.2 Å². The molecule has 7 nitrogen and oxygen atoms in total. The molecule has 172 valence electrons. The third-order valence-electron chi connectivity index (χ3n) is 3.99. The fourth-order valence-electron chi connectivity index (χ4n) is 2.58. The number of para-hydroxylation sites is 1. The van der Waals surface area contributed by atoms with E-state index in [0.29, 0.717) is 23.6 Å².